The minimum Gasteiger partial charge on any atom is -0.310 e. The van der Waals surface area contributed by atoms with Crippen LogP contribution in [0.4, 0.5) is 23.2 Å². The molecule has 0 aliphatic heterocycles. The molecule has 0 radical (unpaired) electrons. The minimum absolute atomic E-state index is 0.165. The molecule has 0 aromatic heterocycles. The van der Waals surface area contributed by atoms with Crippen LogP contribution < -0.4 is 4.90 Å². The summed E-state index contributed by atoms with van der Waals surface area (Å²) in [5.41, 5.74) is 1.67. The average molecular weight is 263 g/mol. The third kappa shape index (κ3) is 2.80. The topological polar surface area (TPSA) is 20.3 Å². The van der Waals surface area contributed by atoms with Gasteiger partial charge in [-0.3, -0.25) is 4.79 Å². The molecule has 0 fully saturated rings. The molecule has 1 aromatic rings. The van der Waals surface area contributed by atoms with Gasteiger partial charge in [0.05, 0.1) is 0 Å². The van der Waals surface area contributed by atoms with E-state index in [1.165, 1.54) is 12.1 Å². The largest absolute Gasteiger partial charge is 0.384 e. The molecule has 0 spiro atoms. The summed E-state index contributed by atoms with van der Waals surface area (Å²) in [5, 5.41) is 0. The second-order valence-corrected chi connectivity index (χ2v) is 4.13. The maximum absolute atomic E-state index is 12.9. The average Bonchev–Trinajstić information content (AvgIpc) is 2.25. The van der Waals surface area contributed by atoms with E-state index in [9.17, 15) is 22.4 Å². The van der Waals surface area contributed by atoms with Gasteiger partial charge in [-0.05, 0) is 37.1 Å². The first kappa shape index (κ1) is 14.5. The number of aryl methyl sites for hydroxylation is 2. The number of alkyl halides is 4. The van der Waals surface area contributed by atoms with Crippen LogP contribution in [0.2, 0.25) is 0 Å². The van der Waals surface area contributed by atoms with E-state index in [-0.39, 0.29) is 5.69 Å². The van der Waals surface area contributed by atoms with Gasteiger partial charge in [0, 0.05) is 12.7 Å². The summed E-state index contributed by atoms with van der Waals surface area (Å²) in [6, 6.07) is 4.74. The fraction of sp³-hybridized carbons (Fsp3) is 0.417. The molecule has 0 saturated heterocycles. The number of hydrogen-bond donors (Lipinski definition) is 0. The van der Waals surface area contributed by atoms with E-state index in [2.05, 4.69) is 0 Å². The van der Waals surface area contributed by atoms with Gasteiger partial charge >= 0.3 is 18.3 Å². The Balaban J connectivity index is 3.07. The molecule has 2 nitrogen and oxygen atoms in total. The van der Waals surface area contributed by atoms with Crippen molar-refractivity contribution in [3.05, 3.63) is 29.3 Å². The first-order chi connectivity index (χ1) is 8.16. The lowest BCUT2D eigenvalue weighted by Gasteiger charge is -2.23. The highest BCUT2D eigenvalue weighted by atomic mass is 19.3. The Morgan fingerprint density at radius 2 is 1.61 bits per heavy atom. The molecule has 1 aromatic carbocycles. The van der Waals surface area contributed by atoms with Gasteiger partial charge in [-0.1, -0.05) is 6.07 Å². The standard InChI is InChI=1S/C12H13F4NO/c1-7-4-8(2)6-9(5-7)17(3)11(18)12(15,16)10(13)14/h4-6,10H,1-3H3. The first-order valence-electron chi connectivity index (χ1n) is 5.18. The summed E-state index contributed by atoms with van der Waals surface area (Å²) in [5.74, 6) is -6.59. The Labute approximate surface area is 102 Å². The third-order valence-electron chi connectivity index (χ3n) is 2.46. The van der Waals surface area contributed by atoms with Gasteiger partial charge in [0.25, 0.3) is 0 Å². The van der Waals surface area contributed by atoms with Crippen molar-refractivity contribution in [3.63, 3.8) is 0 Å². The van der Waals surface area contributed by atoms with Crippen molar-refractivity contribution in [2.45, 2.75) is 26.2 Å². The van der Waals surface area contributed by atoms with Crippen molar-refractivity contribution in [2.75, 3.05) is 11.9 Å². The van der Waals surface area contributed by atoms with Crippen LogP contribution in [0.15, 0.2) is 18.2 Å². The van der Waals surface area contributed by atoms with E-state index in [1.54, 1.807) is 19.9 Å². The highest BCUT2D eigenvalue weighted by molar-refractivity contribution is 5.98. The number of rotatable bonds is 3. The number of anilines is 1. The summed E-state index contributed by atoms with van der Waals surface area (Å²) in [6.07, 6.45) is -4.02. The zero-order valence-corrected chi connectivity index (χ0v) is 10.2. The summed E-state index contributed by atoms with van der Waals surface area (Å²) in [7, 11) is 1.05. The molecule has 6 heteroatoms. The zero-order valence-electron chi connectivity index (χ0n) is 10.2. The van der Waals surface area contributed by atoms with Gasteiger partial charge in [0.2, 0.25) is 0 Å². The Bertz CT molecular complexity index is 439. The van der Waals surface area contributed by atoms with Crippen LogP contribution in [-0.4, -0.2) is 25.3 Å². The lowest BCUT2D eigenvalue weighted by Crippen LogP contribution is -2.46. The molecule has 1 rings (SSSR count). The molecule has 0 heterocycles. The van der Waals surface area contributed by atoms with Gasteiger partial charge < -0.3 is 4.90 Å². The van der Waals surface area contributed by atoms with Crippen LogP contribution in [-0.2, 0) is 4.79 Å². The molecule has 0 N–H and O–H groups in total. The van der Waals surface area contributed by atoms with E-state index in [1.807, 2.05) is 0 Å². The van der Waals surface area contributed by atoms with E-state index >= 15 is 0 Å². The first-order valence-corrected chi connectivity index (χ1v) is 5.18. The fourth-order valence-corrected chi connectivity index (χ4v) is 1.58. The van der Waals surface area contributed by atoms with Crippen LogP contribution in [0.3, 0.4) is 0 Å². The molecular formula is C12H13F4NO. The Morgan fingerprint density at radius 1 is 1.17 bits per heavy atom. The molecule has 0 aliphatic carbocycles. The van der Waals surface area contributed by atoms with Crippen molar-refractivity contribution in [1.29, 1.82) is 0 Å². The number of benzene rings is 1. The molecule has 0 unspecified atom stereocenters. The van der Waals surface area contributed by atoms with Crippen molar-refractivity contribution in [3.8, 4) is 0 Å². The van der Waals surface area contributed by atoms with Gasteiger partial charge in [-0.2, -0.15) is 8.78 Å². The normalized spacial score (nSPS) is 11.8. The van der Waals surface area contributed by atoms with Crippen LogP contribution in [0.5, 0.6) is 0 Å². The highest BCUT2D eigenvalue weighted by Crippen LogP contribution is 2.28. The van der Waals surface area contributed by atoms with E-state index in [4.69, 9.17) is 0 Å². The van der Waals surface area contributed by atoms with Gasteiger partial charge in [0.1, 0.15) is 0 Å². The monoisotopic (exact) mass is 263 g/mol. The van der Waals surface area contributed by atoms with Crippen LogP contribution in [0, 0.1) is 13.8 Å². The molecule has 100 valence electrons. The van der Waals surface area contributed by atoms with Gasteiger partial charge in [0.15, 0.2) is 0 Å². The van der Waals surface area contributed by atoms with E-state index in [0.717, 1.165) is 18.2 Å². The predicted octanol–water partition coefficient (Wildman–Crippen LogP) is 3.17. The van der Waals surface area contributed by atoms with E-state index in [0.29, 0.717) is 4.90 Å². The number of halogens is 4. The quantitative estimate of drug-likeness (QED) is 0.767. The maximum atomic E-state index is 12.9. The molecular weight excluding hydrogens is 250 g/mol. The number of amides is 1. The number of hydrogen-bond acceptors (Lipinski definition) is 1. The summed E-state index contributed by atoms with van der Waals surface area (Å²) in [4.78, 5) is 11.9. The molecule has 1 amide bonds. The molecule has 0 aliphatic rings. The lowest BCUT2D eigenvalue weighted by atomic mass is 10.1. The SMILES string of the molecule is Cc1cc(C)cc(N(C)C(=O)C(F)(F)C(F)F)c1. The lowest BCUT2D eigenvalue weighted by molar-refractivity contribution is -0.166. The third-order valence-corrected chi connectivity index (χ3v) is 2.46. The van der Waals surface area contributed by atoms with Crippen molar-refractivity contribution in [2.24, 2.45) is 0 Å². The zero-order chi connectivity index (χ0) is 14.1. The summed E-state index contributed by atoms with van der Waals surface area (Å²) >= 11 is 0. The fourth-order valence-electron chi connectivity index (χ4n) is 1.58. The van der Waals surface area contributed by atoms with Crippen LogP contribution >= 0.6 is 0 Å². The molecule has 0 saturated carbocycles. The number of carbonyl (C=O) groups is 1. The second kappa shape index (κ2) is 4.96. The van der Waals surface area contributed by atoms with Crippen molar-refractivity contribution >= 4 is 11.6 Å². The van der Waals surface area contributed by atoms with Crippen molar-refractivity contribution < 1.29 is 22.4 Å². The highest BCUT2D eigenvalue weighted by Gasteiger charge is 2.50. The van der Waals surface area contributed by atoms with Crippen LogP contribution in [0.1, 0.15) is 11.1 Å². The van der Waals surface area contributed by atoms with Crippen molar-refractivity contribution in [1.82, 2.24) is 0 Å². The number of nitrogens with zero attached hydrogens (tertiary/aromatic N) is 1. The minimum atomic E-state index is -4.67. The van der Waals surface area contributed by atoms with Gasteiger partial charge in [-0.15, -0.1) is 0 Å². The summed E-state index contributed by atoms with van der Waals surface area (Å²) < 4.78 is 50.1. The molecule has 0 atom stereocenters. The van der Waals surface area contributed by atoms with Gasteiger partial charge in [-0.25, -0.2) is 8.78 Å². The number of carbonyl (C=O) groups excluding carboxylic acids is 1. The molecule has 0 bridgehead atoms. The Morgan fingerprint density at radius 3 is 2.00 bits per heavy atom. The predicted molar refractivity (Wildman–Crippen MR) is 60.3 cm³/mol. The Hall–Kier alpha value is -1.59. The van der Waals surface area contributed by atoms with E-state index < -0.39 is 18.3 Å². The Kier molecular flexibility index (Phi) is 3.98. The summed E-state index contributed by atoms with van der Waals surface area (Å²) in [6.45, 7) is 3.44. The maximum Gasteiger partial charge on any atom is 0.384 e. The molecule has 18 heavy (non-hydrogen) atoms. The smallest absolute Gasteiger partial charge is 0.310 e. The van der Waals surface area contributed by atoms with Crippen LogP contribution in [0.25, 0.3) is 0 Å². The second-order valence-electron chi connectivity index (χ2n) is 4.13.